The SMILES string of the molecule is COC(=O)N1CCCC1C(=O)NCc1ccccc1N1CCOCC1. The number of hydrogen-bond donors (Lipinski definition) is 1. The van der Waals surface area contributed by atoms with E-state index >= 15 is 0 Å². The molecular weight excluding hydrogens is 322 g/mol. The van der Waals surface area contributed by atoms with Crippen molar-refractivity contribution in [1.29, 1.82) is 0 Å². The minimum atomic E-state index is -0.442. The molecule has 2 saturated heterocycles. The summed E-state index contributed by atoms with van der Waals surface area (Å²) in [6.07, 6.45) is 1.05. The molecule has 0 aliphatic carbocycles. The van der Waals surface area contributed by atoms with Crippen LogP contribution in [0.2, 0.25) is 0 Å². The maximum Gasteiger partial charge on any atom is 0.410 e. The number of para-hydroxylation sites is 1. The molecule has 2 fully saturated rings. The monoisotopic (exact) mass is 347 g/mol. The van der Waals surface area contributed by atoms with Crippen LogP contribution in [-0.4, -0.2) is 62.9 Å². The summed E-state index contributed by atoms with van der Waals surface area (Å²) >= 11 is 0. The molecule has 1 atom stereocenters. The Kier molecular flexibility index (Phi) is 5.75. The number of carbonyl (C=O) groups excluding carboxylic acids is 2. The Labute approximate surface area is 147 Å². The molecular formula is C18H25N3O4. The highest BCUT2D eigenvalue weighted by molar-refractivity contribution is 5.86. The van der Waals surface area contributed by atoms with Crippen LogP contribution in [0.4, 0.5) is 10.5 Å². The predicted molar refractivity (Wildman–Crippen MR) is 93.5 cm³/mol. The zero-order valence-corrected chi connectivity index (χ0v) is 14.6. The lowest BCUT2D eigenvalue weighted by Crippen LogP contribution is -2.45. The number of amides is 2. The number of morpholine rings is 1. The number of anilines is 1. The number of methoxy groups -OCH3 is 1. The molecule has 2 aliphatic rings. The van der Waals surface area contributed by atoms with E-state index in [0.29, 0.717) is 19.5 Å². The lowest BCUT2D eigenvalue weighted by Gasteiger charge is -2.31. The van der Waals surface area contributed by atoms with Gasteiger partial charge in [0.15, 0.2) is 0 Å². The second kappa shape index (κ2) is 8.20. The molecule has 0 radical (unpaired) electrons. The molecule has 1 unspecified atom stereocenters. The Morgan fingerprint density at radius 3 is 2.76 bits per heavy atom. The third-order valence-corrected chi connectivity index (χ3v) is 4.76. The lowest BCUT2D eigenvalue weighted by molar-refractivity contribution is -0.125. The highest BCUT2D eigenvalue weighted by Gasteiger charge is 2.34. The first-order valence-electron chi connectivity index (χ1n) is 8.73. The number of likely N-dealkylation sites (tertiary alicyclic amines) is 1. The van der Waals surface area contributed by atoms with E-state index < -0.39 is 12.1 Å². The number of hydrogen-bond acceptors (Lipinski definition) is 5. The van der Waals surface area contributed by atoms with Gasteiger partial charge in [0.25, 0.3) is 0 Å². The Morgan fingerprint density at radius 2 is 2.00 bits per heavy atom. The molecule has 2 aliphatic heterocycles. The fourth-order valence-corrected chi connectivity index (χ4v) is 3.45. The first kappa shape index (κ1) is 17.5. The number of ether oxygens (including phenoxy) is 2. The Morgan fingerprint density at radius 1 is 1.24 bits per heavy atom. The van der Waals surface area contributed by atoms with Gasteiger partial charge in [-0.3, -0.25) is 9.69 Å². The summed E-state index contributed by atoms with van der Waals surface area (Å²) in [7, 11) is 1.34. The summed E-state index contributed by atoms with van der Waals surface area (Å²) in [5.74, 6) is -0.125. The van der Waals surface area contributed by atoms with Crippen LogP contribution in [0, 0.1) is 0 Å². The van der Waals surface area contributed by atoms with Gasteiger partial charge in [0, 0.05) is 31.9 Å². The molecule has 0 spiro atoms. The lowest BCUT2D eigenvalue weighted by atomic mass is 10.1. The van der Waals surface area contributed by atoms with Crippen LogP contribution in [0.5, 0.6) is 0 Å². The smallest absolute Gasteiger partial charge is 0.410 e. The molecule has 0 saturated carbocycles. The fourth-order valence-electron chi connectivity index (χ4n) is 3.45. The minimum absolute atomic E-state index is 0.125. The van der Waals surface area contributed by atoms with Crippen molar-refractivity contribution in [2.75, 3.05) is 44.9 Å². The highest BCUT2D eigenvalue weighted by Crippen LogP contribution is 2.22. The van der Waals surface area contributed by atoms with Crippen LogP contribution in [-0.2, 0) is 20.8 Å². The van der Waals surface area contributed by atoms with Crippen LogP contribution in [0.3, 0.4) is 0 Å². The Balaban J connectivity index is 1.63. The summed E-state index contributed by atoms with van der Waals surface area (Å²) in [5.41, 5.74) is 2.20. The molecule has 7 heteroatoms. The van der Waals surface area contributed by atoms with Crippen molar-refractivity contribution >= 4 is 17.7 Å². The third kappa shape index (κ3) is 4.04. The van der Waals surface area contributed by atoms with Gasteiger partial charge in [-0.2, -0.15) is 0 Å². The zero-order chi connectivity index (χ0) is 17.6. The Bertz CT molecular complexity index is 616. The predicted octanol–water partition coefficient (Wildman–Crippen LogP) is 1.37. The van der Waals surface area contributed by atoms with Gasteiger partial charge >= 0.3 is 6.09 Å². The van der Waals surface area contributed by atoms with Crippen molar-refractivity contribution in [3.63, 3.8) is 0 Å². The Hall–Kier alpha value is -2.28. The largest absolute Gasteiger partial charge is 0.453 e. The third-order valence-electron chi connectivity index (χ3n) is 4.76. The summed E-state index contributed by atoms with van der Waals surface area (Å²) in [4.78, 5) is 28.1. The highest BCUT2D eigenvalue weighted by atomic mass is 16.5. The molecule has 1 N–H and O–H groups in total. The molecule has 2 amide bonds. The van der Waals surface area contributed by atoms with Gasteiger partial charge in [-0.1, -0.05) is 18.2 Å². The molecule has 136 valence electrons. The van der Waals surface area contributed by atoms with Crippen molar-refractivity contribution in [1.82, 2.24) is 10.2 Å². The van der Waals surface area contributed by atoms with E-state index in [1.807, 2.05) is 18.2 Å². The van der Waals surface area contributed by atoms with E-state index in [4.69, 9.17) is 9.47 Å². The van der Waals surface area contributed by atoms with Crippen LogP contribution < -0.4 is 10.2 Å². The molecule has 0 bridgehead atoms. The normalized spacial score (nSPS) is 20.4. The van der Waals surface area contributed by atoms with Crippen LogP contribution in [0.15, 0.2) is 24.3 Å². The number of nitrogens with one attached hydrogen (secondary N) is 1. The number of benzene rings is 1. The summed E-state index contributed by atoms with van der Waals surface area (Å²) in [6, 6.07) is 7.64. The molecule has 7 nitrogen and oxygen atoms in total. The van der Waals surface area contributed by atoms with E-state index in [-0.39, 0.29) is 5.91 Å². The second-order valence-corrected chi connectivity index (χ2v) is 6.27. The quantitative estimate of drug-likeness (QED) is 0.891. The van der Waals surface area contributed by atoms with Gasteiger partial charge in [-0.05, 0) is 24.5 Å². The minimum Gasteiger partial charge on any atom is -0.453 e. The zero-order valence-electron chi connectivity index (χ0n) is 14.6. The molecule has 1 aromatic carbocycles. The van der Waals surface area contributed by atoms with Crippen molar-refractivity contribution in [3.05, 3.63) is 29.8 Å². The van der Waals surface area contributed by atoms with Gasteiger partial charge in [-0.25, -0.2) is 4.79 Å². The van der Waals surface area contributed by atoms with Crippen LogP contribution in [0.1, 0.15) is 18.4 Å². The summed E-state index contributed by atoms with van der Waals surface area (Å²) in [6.45, 7) is 4.15. The van der Waals surface area contributed by atoms with Gasteiger partial charge in [-0.15, -0.1) is 0 Å². The average molecular weight is 347 g/mol. The van der Waals surface area contributed by atoms with E-state index in [1.165, 1.54) is 12.0 Å². The number of rotatable bonds is 4. The second-order valence-electron chi connectivity index (χ2n) is 6.27. The van der Waals surface area contributed by atoms with Crippen molar-refractivity contribution in [3.8, 4) is 0 Å². The van der Waals surface area contributed by atoms with E-state index in [0.717, 1.165) is 44.0 Å². The summed E-state index contributed by atoms with van der Waals surface area (Å²) in [5, 5.41) is 2.98. The standard InChI is InChI=1S/C18H25N3O4/c1-24-18(23)21-8-4-7-16(21)17(22)19-13-14-5-2-3-6-15(14)20-9-11-25-12-10-20/h2-3,5-6,16H,4,7-13H2,1H3,(H,19,22). The van der Waals surface area contributed by atoms with Crippen molar-refractivity contribution in [2.24, 2.45) is 0 Å². The van der Waals surface area contributed by atoms with Crippen molar-refractivity contribution in [2.45, 2.75) is 25.4 Å². The number of carbonyl (C=O) groups is 2. The van der Waals surface area contributed by atoms with Gasteiger partial charge in [0.05, 0.1) is 20.3 Å². The molecule has 2 heterocycles. The van der Waals surface area contributed by atoms with Gasteiger partial charge < -0.3 is 19.7 Å². The molecule has 0 aromatic heterocycles. The maximum absolute atomic E-state index is 12.5. The first-order valence-corrected chi connectivity index (χ1v) is 8.73. The van der Waals surface area contributed by atoms with Gasteiger partial charge in [0.1, 0.15) is 6.04 Å². The van der Waals surface area contributed by atoms with Crippen LogP contribution in [0.25, 0.3) is 0 Å². The fraction of sp³-hybridized carbons (Fsp3) is 0.556. The van der Waals surface area contributed by atoms with Crippen LogP contribution >= 0.6 is 0 Å². The first-order chi connectivity index (χ1) is 12.2. The number of nitrogens with zero attached hydrogens (tertiary/aromatic N) is 2. The average Bonchev–Trinajstić information content (AvgIpc) is 3.16. The maximum atomic E-state index is 12.5. The molecule has 25 heavy (non-hydrogen) atoms. The van der Waals surface area contributed by atoms with E-state index in [1.54, 1.807) is 0 Å². The topological polar surface area (TPSA) is 71.1 Å². The van der Waals surface area contributed by atoms with E-state index in [2.05, 4.69) is 16.3 Å². The molecule has 3 rings (SSSR count). The molecule has 1 aromatic rings. The van der Waals surface area contributed by atoms with Gasteiger partial charge in [0.2, 0.25) is 5.91 Å². The van der Waals surface area contributed by atoms with E-state index in [9.17, 15) is 9.59 Å². The van der Waals surface area contributed by atoms with Crippen molar-refractivity contribution < 1.29 is 19.1 Å². The summed E-state index contributed by atoms with van der Waals surface area (Å²) < 4.78 is 10.2.